The van der Waals surface area contributed by atoms with Crippen molar-refractivity contribution in [1.29, 1.82) is 0 Å². The Labute approximate surface area is 579 Å². The summed E-state index contributed by atoms with van der Waals surface area (Å²) in [6.45, 7) is 13.4. The zero-order valence-corrected chi connectivity index (χ0v) is 58.8. The highest BCUT2D eigenvalue weighted by Crippen LogP contribution is 2.59. The highest BCUT2D eigenvalue weighted by atomic mass is 32.1. The third-order valence-corrected chi connectivity index (χ3v) is 20.9. The van der Waals surface area contributed by atoms with Crippen LogP contribution in [-0.4, -0.2) is 203 Å². The zero-order chi connectivity index (χ0) is 71.8. The van der Waals surface area contributed by atoms with Gasteiger partial charge in [-0.2, -0.15) is 8.78 Å². The van der Waals surface area contributed by atoms with Crippen molar-refractivity contribution in [1.82, 2.24) is 46.3 Å². The van der Waals surface area contributed by atoms with Gasteiger partial charge in [-0.15, -0.1) is 22.7 Å². The van der Waals surface area contributed by atoms with Crippen molar-refractivity contribution in [3.05, 3.63) is 112 Å². The molecule has 31 heteroatoms. The van der Waals surface area contributed by atoms with E-state index in [-0.39, 0.29) is 134 Å². The van der Waals surface area contributed by atoms with Gasteiger partial charge >= 0.3 is 13.3 Å². The van der Waals surface area contributed by atoms with E-state index in [2.05, 4.69) is 31.6 Å². The molecule has 3 saturated heterocycles. The number of benzene rings is 3. The molecule has 9 rings (SSSR count). The summed E-state index contributed by atoms with van der Waals surface area (Å²) >= 11 is 2.39. The van der Waals surface area contributed by atoms with Gasteiger partial charge in [-0.05, 0) is 77.3 Å². The molecular formula is C68H87F3N9O16PS2. The monoisotopic (exact) mass is 1440 g/mol. The number of nitrogens with zero attached hydrogens (tertiary/aromatic N) is 4. The van der Waals surface area contributed by atoms with Crippen LogP contribution >= 0.6 is 30.3 Å². The molecule has 3 aliphatic heterocycles. The van der Waals surface area contributed by atoms with Crippen molar-refractivity contribution in [3.63, 3.8) is 0 Å². The van der Waals surface area contributed by atoms with Crippen LogP contribution in [0.3, 0.4) is 0 Å². The molecular weight excluding hydrogens is 1350 g/mol. The van der Waals surface area contributed by atoms with Crippen molar-refractivity contribution in [3.8, 4) is 10.4 Å². The number of thiophene rings is 1. The van der Waals surface area contributed by atoms with E-state index in [1.165, 1.54) is 33.3 Å². The van der Waals surface area contributed by atoms with Crippen LogP contribution in [-0.2, 0) is 62.7 Å². The summed E-state index contributed by atoms with van der Waals surface area (Å²) in [7, 11) is -5.88. The number of fused-ring (bicyclic) bond motifs is 1. The number of hydrogen-bond acceptors (Lipinski definition) is 17. The van der Waals surface area contributed by atoms with E-state index in [0.29, 0.717) is 10.3 Å². The fourth-order valence-electron chi connectivity index (χ4n) is 12.1. The van der Waals surface area contributed by atoms with Crippen LogP contribution in [0.5, 0.6) is 0 Å². The number of carbonyl (C=O) groups excluding carboxylic acids is 8. The number of hydrogen-bond donors (Lipinski definition) is 8. The lowest BCUT2D eigenvalue weighted by molar-refractivity contribution is -0.150. The first-order chi connectivity index (χ1) is 46.7. The average Bonchev–Trinajstić information content (AvgIpc) is 1.72. The molecule has 1 saturated carbocycles. The smallest absolute Gasteiger partial charge is 0.391 e. The molecule has 4 aliphatic rings. The Morgan fingerprint density at radius 1 is 0.768 bits per heavy atom. The summed E-state index contributed by atoms with van der Waals surface area (Å²) in [5, 5.41) is 25.0. The maximum absolute atomic E-state index is 14.9. The Morgan fingerprint density at radius 2 is 1.40 bits per heavy atom. The van der Waals surface area contributed by atoms with Gasteiger partial charge in [-0.1, -0.05) is 102 Å². The molecule has 2 aromatic heterocycles. The van der Waals surface area contributed by atoms with Crippen molar-refractivity contribution in [2.45, 2.75) is 147 Å². The van der Waals surface area contributed by atoms with Gasteiger partial charge in [0.15, 0.2) is 5.67 Å². The maximum atomic E-state index is 14.9. The topological polar surface area (TPSA) is 334 Å². The quantitative estimate of drug-likeness (QED) is 0.0195. The minimum Gasteiger partial charge on any atom is -0.391 e. The average molecular weight is 1440 g/mol. The lowest BCUT2D eigenvalue weighted by atomic mass is 9.85. The molecule has 5 aromatic rings. The van der Waals surface area contributed by atoms with Crippen molar-refractivity contribution in [2.75, 3.05) is 79.0 Å². The standard InChI is InChI=1S/C68H87F3N9O16PS2/c1-40-56(98-39-73-40)43-15-13-41(14-16-43)48(75-59(84)49-34-47(81)37-80(49)63(88)58(66(5,6)7)77-64(89)67(69)20-21-67)35-55(83)72-22-25-94-28-30-95-29-27-93-24-19-54(82)74-46-33-50(61(86)78-23-26-96-51(38-78)42-11-9-8-10-12-42)79(36-46)62(87)57(65(2,3)4)76-60(85)53-32-44-31-45(17-18-52(44)99-53)68(70,71)97(90,91)92/h8-18,31-32,39,46-51,57-58,81H,19-30,33-38H2,1-7H3,(H,72,83)(H,74,82)(H,75,84)(H,76,85)(H,77,89)(H2,90,91,92)/t46-,47+,48-,49-,50-,51-,57+,58+/m0/s1. The van der Waals surface area contributed by atoms with Gasteiger partial charge in [0.05, 0.1) is 92.3 Å². The lowest BCUT2D eigenvalue weighted by Gasteiger charge is -2.38. The fraction of sp³-hybridized carbons (Fsp3) is 0.544. The second-order valence-corrected chi connectivity index (χ2v) is 31.1. The SMILES string of the molecule is Cc1ncsc1-c1ccc([C@H](CC(=O)NCCOCCOCCOCCC(=O)N[C@H]2C[C@@H](C(=O)N3CCO[C@H](c4ccccc4)C3)N(C(=O)[C@@H](NC(=O)c3cc4cc(C(F)(F)P(=O)(O)O)ccc4s3)C(C)(C)C)C2)NC(=O)[C@@H]2C[C@@H](O)CN2C(=O)[C@@H](NC(=O)C2(F)CC2)C(C)(C)C)cc1. The van der Waals surface area contributed by atoms with E-state index in [9.17, 15) is 71.0 Å². The molecule has 0 spiro atoms. The summed E-state index contributed by atoms with van der Waals surface area (Å²) in [4.78, 5) is 140. The number of thiazole rings is 1. The molecule has 1 aliphatic carbocycles. The number of aliphatic hydroxyl groups excluding tert-OH is 1. The van der Waals surface area contributed by atoms with Gasteiger partial charge in [0, 0.05) is 55.3 Å². The molecule has 3 aromatic carbocycles. The Kier molecular flexibility index (Phi) is 24.7. The van der Waals surface area contributed by atoms with Crippen LogP contribution in [0.15, 0.2) is 84.4 Å². The molecule has 5 heterocycles. The molecule has 0 bridgehead atoms. The summed E-state index contributed by atoms with van der Waals surface area (Å²) in [5.74, 6) is -4.71. The molecule has 4 fully saturated rings. The van der Waals surface area contributed by atoms with Gasteiger partial charge in [0.1, 0.15) is 30.3 Å². The van der Waals surface area contributed by atoms with Crippen LogP contribution in [0.2, 0.25) is 0 Å². The van der Waals surface area contributed by atoms with Crippen molar-refractivity contribution in [2.24, 2.45) is 10.8 Å². The molecule has 8 atom stereocenters. The van der Waals surface area contributed by atoms with Crippen LogP contribution in [0.1, 0.15) is 124 Å². The minimum atomic E-state index is -5.88. The van der Waals surface area contributed by atoms with Crippen LogP contribution in [0.25, 0.3) is 20.5 Å². The second-order valence-electron chi connectivity index (χ2n) is 27.5. The first-order valence-electron chi connectivity index (χ1n) is 32.8. The highest BCUT2D eigenvalue weighted by Gasteiger charge is 2.54. The van der Waals surface area contributed by atoms with Gasteiger partial charge in [-0.25, -0.2) is 9.37 Å². The van der Waals surface area contributed by atoms with Crippen LogP contribution in [0, 0.1) is 17.8 Å². The third kappa shape index (κ3) is 19.2. The van der Waals surface area contributed by atoms with Crippen molar-refractivity contribution >= 4 is 87.6 Å². The number of aromatic nitrogens is 1. The largest absolute Gasteiger partial charge is 0.399 e. The Hall–Kier alpha value is -7.25. The number of aryl methyl sites for hydroxylation is 1. The fourth-order valence-corrected chi connectivity index (χ4v) is 14.3. The Bertz CT molecular complexity index is 3770. The van der Waals surface area contributed by atoms with E-state index in [4.69, 9.17) is 18.9 Å². The van der Waals surface area contributed by atoms with Crippen molar-refractivity contribution < 1.29 is 89.9 Å². The number of nitrogens with one attached hydrogen (secondary N) is 5. The Morgan fingerprint density at radius 3 is 2.03 bits per heavy atom. The molecule has 0 unspecified atom stereocenters. The summed E-state index contributed by atoms with van der Waals surface area (Å²) < 4.78 is 79.2. The predicted octanol–water partition coefficient (Wildman–Crippen LogP) is 6.19. The van der Waals surface area contributed by atoms with Gasteiger partial charge in [-0.3, -0.25) is 42.9 Å². The number of aliphatic hydroxyl groups is 1. The number of carbonyl (C=O) groups is 8. The van der Waals surface area contributed by atoms with Gasteiger partial charge in [0.25, 0.3) is 11.8 Å². The number of halogens is 3. The summed E-state index contributed by atoms with van der Waals surface area (Å²) in [6, 6.07) is 14.7. The molecule has 538 valence electrons. The highest BCUT2D eigenvalue weighted by molar-refractivity contribution is 7.52. The lowest BCUT2D eigenvalue weighted by Crippen LogP contribution is -2.59. The number of rotatable bonds is 29. The number of morpholine rings is 1. The molecule has 8 N–H and O–H groups in total. The normalized spacial score (nSPS) is 20.4. The van der Waals surface area contributed by atoms with E-state index in [1.54, 1.807) is 64.1 Å². The molecule has 0 radical (unpaired) electrons. The Balaban J connectivity index is 0.729. The minimum absolute atomic E-state index is 0.00707. The van der Waals surface area contributed by atoms with Gasteiger partial charge < -0.3 is 75.1 Å². The van der Waals surface area contributed by atoms with E-state index in [0.717, 1.165) is 45.2 Å². The number of β-amino-alcohol motifs (C(OH)–C–C–N with tert-alkyl or cyclic N) is 1. The number of alkyl halides is 3. The van der Waals surface area contributed by atoms with Crippen LogP contribution in [0.4, 0.5) is 13.2 Å². The van der Waals surface area contributed by atoms with E-state index < -0.39 is 125 Å². The number of likely N-dealkylation sites (tertiary alicyclic amines) is 2. The number of ether oxygens (including phenoxy) is 4. The maximum Gasteiger partial charge on any atom is 0.399 e. The first kappa shape index (κ1) is 75.9. The summed E-state index contributed by atoms with van der Waals surface area (Å²) in [6.07, 6.45) is -1.76. The van der Waals surface area contributed by atoms with E-state index in [1.807, 2.05) is 49.4 Å². The second kappa shape index (κ2) is 32.2. The third-order valence-electron chi connectivity index (χ3n) is 17.8. The molecule has 25 nitrogen and oxygen atoms in total. The van der Waals surface area contributed by atoms with Crippen LogP contribution < -0.4 is 26.6 Å². The summed E-state index contributed by atoms with van der Waals surface area (Å²) in [5.41, 5.74) is -4.40. The van der Waals surface area contributed by atoms with E-state index >= 15 is 0 Å². The zero-order valence-electron chi connectivity index (χ0n) is 56.3. The predicted molar refractivity (Wildman–Crippen MR) is 361 cm³/mol. The van der Waals surface area contributed by atoms with Gasteiger partial charge in [0.2, 0.25) is 35.4 Å². The number of amides is 8. The first-order valence-corrected chi connectivity index (χ1v) is 36.2. The molecule has 8 amide bonds. The molecule has 99 heavy (non-hydrogen) atoms.